The van der Waals surface area contributed by atoms with Crippen molar-refractivity contribution in [1.82, 2.24) is 9.97 Å². The number of pyridine rings is 2. The zero-order valence-corrected chi connectivity index (χ0v) is 33.9. The molecular formula is C51H46IrN2-2. The van der Waals surface area contributed by atoms with Crippen molar-refractivity contribution in [2.24, 2.45) is 0 Å². The van der Waals surface area contributed by atoms with Gasteiger partial charge in [0.15, 0.2) is 0 Å². The first-order chi connectivity index (χ1) is 26.0. The maximum atomic E-state index is 4.84. The molecule has 1 fully saturated rings. The second kappa shape index (κ2) is 17.0. The molecule has 271 valence electrons. The Morgan fingerprint density at radius 3 is 1.93 bits per heavy atom. The van der Waals surface area contributed by atoms with Gasteiger partial charge in [-0.25, -0.2) is 0 Å². The van der Waals surface area contributed by atoms with Gasteiger partial charge in [-0.2, -0.15) is 0 Å². The third kappa shape index (κ3) is 8.55. The van der Waals surface area contributed by atoms with Gasteiger partial charge in [0.05, 0.1) is 0 Å². The van der Waals surface area contributed by atoms with Gasteiger partial charge >= 0.3 is 0 Å². The van der Waals surface area contributed by atoms with Crippen LogP contribution in [0.4, 0.5) is 0 Å². The summed E-state index contributed by atoms with van der Waals surface area (Å²) in [6.45, 7) is 6.41. The minimum Gasteiger partial charge on any atom is -0.304 e. The molecule has 2 aromatic heterocycles. The molecule has 1 aliphatic carbocycles. The molecule has 0 saturated heterocycles. The van der Waals surface area contributed by atoms with E-state index in [1.807, 2.05) is 12.4 Å². The van der Waals surface area contributed by atoms with Crippen LogP contribution in [-0.4, -0.2) is 9.97 Å². The van der Waals surface area contributed by atoms with E-state index in [-0.39, 0.29) is 20.1 Å². The number of aromatic nitrogens is 2. The Labute approximate surface area is 335 Å². The molecular weight excluding hydrogens is 833 g/mol. The van der Waals surface area contributed by atoms with E-state index >= 15 is 0 Å². The Morgan fingerprint density at radius 1 is 0.537 bits per heavy atom. The SMILES string of the molecule is Cc1ccc(-c2[c-]cc(CCc3cc(C)cc(-c4ccccc4-c4c[c-]c(-c5cc(-c6ccc(C7CCCCC7)cc6)c(C)cn5)cc4)c3)cc2)nc1.[Ir]. The van der Waals surface area contributed by atoms with Crippen LogP contribution in [0.3, 0.4) is 0 Å². The maximum absolute atomic E-state index is 4.84. The minimum atomic E-state index is 0. The van der Waals surface area contributed by atoms with Gasteiger partial charge in [0.1, 0.15) is 0 Å². The van der Waals surface area contributed by atoms with Gasteiger partial charge in [0.2, 0.25) is 0 Å². The van der Waals surface area contributed by atoms with Crippen LogP contribution in [0.2, 0.25) is 0 Å². The first kappa shape index (κ1) is 37.4. The third-order valence-corrected chi connectivity index (χ3v) is 10.9. The second-order valence-electron chi connectivity index (χ2n) is 14.9. The summed E-state index contributed by atoms with van der Waals surface area (Å²) >= 11 is 0. The smallest absolute Gasteiger partial charge is 0.0196 e. The molecule has 0 aliphatic heterocycles. The topological polar surface area (TPSA) is 25.8 Å². The van der Waals surface area contributed by atoms with Crippen molar-refractivity contribution in [1.29, 1.82) is 0 Å². The fraction of sp³-hybridized carbons (Fsp3) is 0.216. The number of hydrogen-bond acceptors (Lipinski definition) is 2. The summed E-state index contributed by atoms with van der Waals surface area (Å²) in [5.41, 5.74) is 19.0. The Morgan fingerprint density at radius 2 is 1.22 bits per heavy atom. The molecule has 2 nitrogen and oxygen atoms in total. The standard InChI is InChI=1S/C51H46N2.Ir/c1-35-13-28-50(52-33-35)44-18-16-38(17-19-44)14-15-39-29-36(2)30-46(31-39)48-12-8-7-11-47(48)42-24-26-45(27-25-42)51-32-49(37(3)34-53-51)43-22-20-41(21-23-43)40-9-5-4-6-10-40;/h7-8,11-13,16-18,20-26,28-34,40H,4-6,9-10,14-15H2,1-3H3;/q-2;. The number of hydrogen-bond donors (Lipinski definition) is 0. The van der Waals surface area contributed by atoms with Gasteiger partial charge in [-0.1, -0.05) is 127 Å². The van der Waals surface area contributed by atoms with Crippen LogP contribution in [0, 0.1) is 32.9 Å². The van der Waals surface area contributed by atoms with Crippen LogP contribution in [0.15, 0.2) is 134 Å². The summed E-state index contributed by atoms with van der Waals surface area (Å²) < 4.78 is 0. The van der Waals surface area contributed by atoms with Crippen molar-refractivity contribution in [2.45, 2.75) is 71.6 Å². The maximum Gasteiger partial charge on any atom is 0.0196 e. The molecule has 3 heteroatoms. The molecule has 1 aliphatic rings. The minimum absolute atomic E-state index is 0. The second-order valence-corrected chi connectivity index (χ2v) is 14.9. The Bertz CT molecular complexity index is 2320. The van der Waals surface area contributed by atoms with Crippen molar-refractivity contribution in [3.8, 4) is 55.9 Å². The average Bonchev–Trinajstić information content (AvgIpc) is 3.21. The van der Waals surface area contributed by atoms with E-state index in [9.17, 15) is 0 Å². The van der Waals surface area contributed by atoms with E-state index < -0.39 is 0 Å². The molecule has 5 aromatic carbocycles. The summed E-state index contributed by atoms with van der Waals surface area (Å²) in [6.07, 6.45) is 12.6. The first-order valence-corrected chi connectivity index (χ1v) is 19.2. The Hall–Kier alpha value is -4.95. The van der Waals surface area contributed by atoms with Crippen LogP contribution >= 0.6 is 0 Å². The number of rotatable bonds is 9. The van der Waals surface area contributed by atoms with Gasteiger partial charge in [-0.15, -0.1) is 65.2 Å². The van der Waals surface area contributed by atoms with E-state index in [2.05, 4.69) is 159 Å². The van der Waals surface area contributed by atoms with Crippen molar-refractivity contribution < 1.29 is 20.1 Å². The average molecular weight is 879 g/mol. The predicted molar refractivity (Wildman–Crippen MR) is 221 cm³/mol. The summed E-state index contributed by atoms with van der Waals surface area (Å²) in [5.74, 6) is 0.717. The fourth-order valence-corrected chi connectivity index (χ4v) is 7.94. The molecule has 0 amide bonds. The molecule has 1 saturated carbocycles. The summed E-state index contributed by atoms with van der Waals surface area (Å²) in [7, 11) is 0. The van der Waals surface area contributed by atoms with E-state index in [0.29, 0.717) is 5.92 Å². The largest absolute Gasteiger partial charge is 0.304 e. The number of aryl methyl sites for hydroxylation is 5. The summed E-state index contributed by atoms with van der Waals surface area (Å²) in [6, 6.07) is 51.4. The molecule has 0 N–H and O–H groups in total. The van der Waals surface area contributed by atoms with E-state index in [1.165, 1.54) is 87.7 Å². The monoisotopic (exact) mass is 879 g/mol. The van der Waals surface area contributed by atoms with Crippen LogP contribution in [0.5, 0.6) is 0 Å². The van der Waals surface area contributed by atoms with Crippen LogP contribution < -0.4 is 0 Å². The van der Waals surface area contributed by atoms with Gasteiger partial charge < -0.3 is 9.97 Å². The Balaban J connectivity index is 0.00000450. The van der Waals surface area contributed by atoms with Crippen LogP contribution in [0.25, 0.3) is 55.9 Å². The number of benzene rings is 5. The Kier molecular flexibility index (Phi) is 11.8. The van der Waals surface area contributed by atoms with Crippen molar-refractivity contribution >= 4 is 0 Å². The van der Waals surface area contributed by atoms with Crippen LogP contribution in [0.1, 0.15) is 71.4 Å². The van der Waals surface area contributed by atoms with Crippen molar-refractivity contribution in [3.63, 3.8) is 0 Å². The van der Waals surface area contributed by atoms with E-state index in [4.69, 9.17) is 4.98 Å². The van der Waals surface area contributed by atoms with Gasteiger partial charge in [0.25, 0.3) is 0 Å². The predicted octanol–water partition coefficient (Wildman–Crippen LogP) is 13.2. The molecule has 1 radical (unpaired) electrons. The first-order valence-electron chi connectivity index (χ1n) is 19.2. The third-order valence-electron chi connectivity index (χ3n) is 10.9. The molecule has 2 heterocycles. The van der Waals surface area contributed by atoms with E-state index in [1.54, 1.807) is 0 Å². The normalized spacial score (nSPS) is 13.0. The quantitative estimate of drug-likeness (QED) is 0.135. The molecule has 7 aromatic rings. The zero-order chi connectivity index (χ0) is 36.1. The zero-order valence-electron chi connectivity index (χ0n) is 31.5. The number of nitrogens with zero attached hydrogens (tertiary/aromatic N) is 2. The van der Waals surface area contributed by atoms with Crippen molar-refractivity contribution in [2.75, 3.05) is 0 Å². The molecule has 8 rings (SSSR count). The van der Waals surface area contributed by atoms with Crippen LogP contribution in [-0.2, 0) is 32.9 Å². The molecule has 0 atom stereocenters. The molecule has 0 spiro atoms. The summed E-state index contributed by atoms with van der Waals surface area (Å²) in [5, 5.41) is 0. The molecule has 0 bridgehead atoms. The van der Waals surface area contributed by atoms with Crippen molar-refractivity contribution in [3.05, 3.63) is 179 Å². The van der Waals surface area contributed by atoms with E-state index in [0.717, 1.165) is 46.5 Å². The van der Waals surface area contributed by atoms with Gasteiger partial charge in [-0.3, -0.25) is 0 Å². The molecule has 54 heavy (non-hydrogen) atoms. The van der Waals surface area contributed by atoms with Gasteiger partial charge in [0, 0.05) is 32.5 Å². The fourth-order valence-electron chi connectivity index (χ4n) is 7.94. The summed E-state index contributed by atoms with van der Waals surface area (Å²) in [4.78, 5) is 9.40. The van der Waals surface area contributed by atoms with Gasteiger partial charge in [-0.05, 0) is 102 Å². The molecule has 0 unspecified atom stereocenters.